The van der Waals surface area contributed by atoms with E-state index in [2.05, 4.69) is 10.3 Å². The van der Waals surface area contributed by atoms with Crippen molar-refractivity contribution in [2.45, 2.75) is 90.5 Å². The molecule has 1 aromatic heterocycles. The fourth-order valence-electron chi connectivity index (χ4n) is 4.98. The van der Waals surface area contributed by atoms with Crippen LogP contribution in [0.1, 0.15) is 64.3 Å². The molecular weight excluding hydrogens is 486 g/mol. The Morgan fingerprint density at radius 2 is 1.95 bits per heavy atom. The van der Waals surface area contributed by atoms with Crippen LogP contribution in [0.2, 0.25) is 0 Å². The Morgan fingerprint density at radius 1 is 1.18 bits per heavy atom. The lowest BCUT2D eigenvalue weighted by molar-refractivity contribution is -0.237. The number of nitrogens with zero attached hydrogens (tertiary/aromatic N) is 4. The highest BCUT2D eigenvalue weighted by molar-refractivity contribution is 5.95. The molecule has 38 heavy (non-hydrogen) atoms. The first kappa shape index (κ1) is 28.1. The van der Waals surface area contributed by atoms with Gasteiger partial charge in [0.15, 0.2) is 0 Å². The lowest BCUT2D eigenvalue weighted by Gasteiger charge is -2.43. The number of aromatic nitrogens is 2. The normalized spacial score (nSPS) is 20.2. The maximum atomic E-state index is 13.6. The van der Waals surface area contributed by atoms with Crippen LogP contribution in [0.4, 0.5) is 10.5 Å². The van der Waals surface area contributed by atoms with Crippen molar-refractivity contribution in [1.82, 2.24) is 19.4 Å². The van der Waals surface area contributed by atoms with Crippen molar-refractivity contribution in [3.05, 3.63) is 48.0 Å². The van der Waals surface area contributed by atoms with Gasteiger partial charge in [-0.15, -0.1) is 0 Å². The van der Waals surface area contributed by atoms with Gasteiger partial charge < -0.3 is 29.4 Å². The molecule has 2 amide bonds. The van der Waals surface area contributed by atoms with Gasteiger partial charge in [-0.1, -0.05) is 31.4 Å². The van der Waals surface area contributed by atoms with Gasteiger partial charge in [0.2, 0.25) is 12.3 Å². The zero-order valence-electron chi connectivity index (χ0n) is 22.9. The maximum Gasteiger partial charge on any atom is 0.410 e. The zero-order chi connectivity index (χ0) is 27.3. The smallest absolute Gasteiger partial charge is 0.410 e. The largest absolute Gasteiger partial charge is 0.444 e. The molecule has 1 saturated heterocycles. The average molecular weight is 528 g/mol. The highest BCUT2D eigenvalue weighted by Gasteiger charge is 2.40. The molecule has 1 saturated carbocycles. The first-order valence-electron chi connectivity index (χ1n) is 13.5. The number of ether oxygens (including phenoxy) is 2. The van der Waals surface area contributed by atoms with Gasteiger partial charge in [0, 0.05) is 44.3 Å². The summed E-state index contributed by atoms with van der Waals surface area (Å²) in [6.45, 7) is 8.70. The summed E-state index contributed by atoms with van der Waals surface area (Å²) in [6, 6.07) is 6.83. The molecule has 1 aliphatic carbocycles. The number of carbonyl (C=O) groups excluding carboxylic acids is 2. The minimum atomic E-state index is -1.23. The molecule has 0 radical (unpaired) electrons. The van der Waals surface area contributed by atoms with Crippen molar-refractivity contribution < 1.29 is 24.2 Å². The summed E-state index contributed by atoms with van der Waals surface area (Å²) in [5, 5.41) is 14.0. The molecule has 2 fully saturated rings. The van der Waals surface area contributed by atoms with E-state index in [9.17, 15) is 14.7 Å². The van der Waals surface area contributed by atoms with E-state index in [4.69, 9.17) is 9.47 Å². The number of aliphatic hydroxyl groups is 1. The summed E-state index contributed by atoms with van der Waals surface area (Å²) in [7, 11) is 0. The minimum Gasteiger partial charge on any atom is -0.444 e. The second-order valence-electron chi connectivity index (χ2n) is 11.2. The molecule has 4 rings (SSSR count). The first-order chi connectivity index (χ1) is 18.1. The summed E-state index contributed by atoms with van der Waals surface area (Å²) in [5.41, 5.74) is 1.01. The molecule has 2 heterocycles. The minimum absolute atomic E-state index is 0.0327. The van der Waals surface area contributed by atoms with Crippen LogP contribution in [0.5, 0.6) is 0 Å². The fraction of sp³-hybridized carbons (Fsp3) is 0.607. The molecule has 2 atom stereocenters. The molecule has 2 unspecified atom stereocenters. The van der Waals surface area contributed by atoms with Gasteiger partial charge in [0.25, 0.3) is 0 Å². The van der Waals surface area contributed by atoms with Gasteiger partial charge in [0.1, 0.15) is 17.5 Å². The van der Waals surface area contributed by atoms with Crippen molar-refractivity contribution in [2.75, 3.05) is 25.0 Å². The molecule has 1 aliphatic heterocycles. The number of anilines is 1. The molecule has 10 heteroatoms. The summed E-state index contributed by atoms with van der Waals surface area (Å²) in [6.07, 6.45) is 7.05. The number of benzene rings is 1. The van der Waals surface area contributed by atoms with Crippen LogP contribution in [-0.4, -0.2) is 80.3 Å². The van der Waals surface area contributed by atoms with Crippen molar-refractivity contribution >= 4 is 17.7 Å². The lowest BCUT2D eigenvalue weighted by atomic mass is 9.98. The number of aliphatic hydroxyl groups excluding tert-OH is 1. The quantitative estimate of drug-likeness (QED) is 0.528. The predicted octanol–water partition coefficient (Wildman–Crippen LogP) is 3.72. The highest BCUT2D eigenvalue weighted by Crippen LogP contribution is 2.24. The van der Waals surface area contributed by atoms with Crippen molar-refractivity contribution in [1.29, 1.82) is 0 Å². The Morgan fingerprint density at radius 3 is 2.63 bits per heavy atom. The predicted molar refractivity (Wildman–Crippen MR) is 143 cm³/mol. The van der Waals surface area contributed by atoms with Crippen molar-refractivity contribution in [2.24, 2.45) is 0 Å². The third kappa shape index (κ3) is 7.55. The van der Waals surface area contributed by atoms with Crippen LogP contribution >= 0.6 is 0 Å². The van der Waals surface area contributed by atoms with Crippen LogP contribution < -0.4 is 5.32 Å². The molecular formula is C28H41N5O5. The second-order valence-corrected chi connectivity index (χ2v) is 11.2. The Balaban J connectivity index is 1.48. The number of piperazine rings is 1. The first-order valence-corrected chi connectivity index (χ1v) is 13.5. The third-order valence-corrected chi connectivity index (χ3v) is 7.00. The summed E-state index contributed by atoms with van der Waals surface area (Å²) >= 11 is 0. The van der Waals surface area contributed by atoms with Gasteiger partial charge >= 0.3 is 6.09 Å². The Bertz CT molecular complexity index is 1090. The molecule has 1 aromatic carbocycles. The molecule has 10 nitrogen and oxygen atoms in total. The van der Waals surface area contributed by atoms with Crippen LogP contribution in [0.15, 0.2) is 36.7 Å². The summed E-state index contributed by atoms with van der Waals surface area (Å²) < 4.78 is 13.6. The van der Waals surface area contributed by atoms with Gasteiger partial charge in [-0.25, -0.2) is 14.7 Å². The summed E-state index contributed by atoms with van der Waals surface area (Å²) in [4.78, 5) is 33.8. The van der Waals surface area contributed by atoms with E-state index in [1.165, 1.54) is 11.3 Å². The van der Waals surface area contributed by atoms with E-state index in [0.717, 1.165) is 37.1 Å². The van der Waals surface area contributed by atoms with E-state index in [0.29, 0.717) is 18.8 Å². The van der Waals surface area contributed by atoms with Gasteiger partial charge in [-0.3, -0.25) is 4.79 Å². The number of carbonyl (C=O) groups is 2. The standard InChI is InChI=1S/C28H41N5O5/c1-20-29-13-14-31(20)18-21-9-8-10-22(17-21)30-25(34)24-19-32(26(35)38-28(2,3)4)15-16-33(24)27(36)37-23-11-6-5-7-12-23/h8-10,13-14,17,23-24,27,36H,5-7,11-12,15-16,18-19H2,1-4H3,(H,30,34). The van der Waals surface area contributed by atoms with Crippen molar-refractivity contribution in [3.8, 4) is 0 Å². The van der Waals surface area contributed by atoms with E-state index < -0.39 is 24.2 Å². The Hall–Kier alpha value is -2.95. The SMILES string of the molecule is Cc1nccn1Cc1cccc(NC(=O)C2CN(C(=O)OC(C)(C)C)CCN2C(O)OC2CCCCC2)c1. The number of amides is 2. The number of hydrogen-bond donors (Lipinski definition) is 2. The van der Waals surface area contributed by atoms with Crippen LogP contribution in [0.25, 0.3) is 0 Å². The van der Waals surface area contributed by atoms with E-state index in [-0.39, 0.29) is 25.1 Å². The van der Waals surface area contributed by atoms with Gasteiger partial charge in [-0.05, 0) is 58.2 Å². The maximum absolute atomic E-state index is 13.6. The second kappa shape index (κ2) is 12.3. The Kier molecular flexibility index (Phi) is 9.07. The Labute approximate surface area is 224 Å². The van der Waals surface area contributed by atoms with Crippen LogP contribution in [-0.2, 0) is 20.8 Å². The molecule has 0 spiro atoms. The fourth-order valence-corrected chi connectivity index (χ4v) is 4.98. The topological polar surface area (TPSA) is 109 Å². The van der Waals surface area contributed by atoms with Crippen LogP contribution in [0.3, 0.4) is 0 Å². The molecule has 0 bridgehead atoms. The van der Waals surface area contributed by atoms with E-state index >= 15 is 0 Å². The van der Waals surface area contributed by atoms with E-state index in [1.807, 2.05) is 62.7 Å². The third-order valence-electron chi connectivity index (χ3n) is 7.00. The lowest BCUT2D eigenvalue weighted by Crippen LogP contribution is -2.62. The average Bonchev–Trinajstić information content (AvgIpc) is 3.27. The zero-order valence-corrected chi connectivity index (χ0v) is 22.9. The number of rotatable bonds is 7. The molecule has 2 aliphatic rings. The van der Waals surface area contributed by atoms with Gasteiger partial charge in [-0.2, -0.15) is 0 Å². The molecule has 2 N–H and O–H groups in total. The van der Waals surface area contributed by atoms with E-state index in [1.54, 1.807) is 11.1 Å². The molecule has 208 valence electrons. The summed E-state index contributed by atoms with van der Waals surface area (Å²) in [5.74, 6) is 0.590. The molecule has 2 aromatic rings. The number of imidazole rings is 1. The van der Waals surface area contributed by atoms with Crippen LogP contribution in [0, 0.1) is 6.92 Å². The monoisotopic (exact) mass is 527 g/mol. The number of nitrogens with one attached hydrogen (secondary N) is 1. The number of hydrogen-bond acceptors (Lipinski definition) is 7. The number of aryl methyl sites for hydroxylation is 1. The van der Waals surface area contributed by atoms with Gasteiger partial charge in [0.05, 0.1) is 6.10 Å². The highest BCUT2D eigenvalue weighted by atomic mass is 16.6. The van der Waals surface area contributed by atoms with Crippen molar-refractivity contribution in [3.63, 3.8) is 0 Å².